The van der Waals surface area contributed by atoms with Crippen molar-refractivity contribution in [2.45, 2.75) is 32.4 Å². The first-order valence-electron chi connectivity index (χ1n) is 5.88. The number of carbonyl (C=O) groups excluding carboxylic acids is 2. The van der Waals surface area contributed by atoms with Crippen molar-refractivity contribution in [2.75, 3.05) is 0 Å². The molecular weight excluding hydrogens is 246 g/mol. The van der Waals surface area contributed by atoms with Crippen LogP contribution in [0.1, 0.15) is 32.4 Å². The quantitative estimate of drug-likeness (QED) is 0.435. The van der Waals surface area contributed by atoms with Crippen LogP contribution >= 0.6 is 0 Å². The van der Waals surface area contributed by atoms with Crippen LogP contribution in [0.3, 0.4) is 0 Å². The Balaban J connectivity index is 2.83. The summed E-state index contributed by atoms with van der Waals surface area (Å²) in [5.41, 5.74) is 2.01. The summed E-state index contributed by atoms with van der Waals surface area (Å²) >= 11 is 0. The number of nitrogens with one attached hydrogen (secondary N) is 2. The molecule has 2 amide bonds. The fourth-order valence-electron chi connectivity index (χ4n) is 1.45. The molecule has 19 heavy (non-hydrogen) atoms. The summed E-state index contributed by atoms with van der Waals surface area (Å²) in [6.07, 6.45) is -0.676. The van der Waals surface area contributed by atoms with Gasteiger partial charge in [0.05, 0.1) is 0 Å². The predicted octanol–water partition coefficient (Wildman–Crippen LogP) is 1.24. The highest BCUT2D eigenvalue weighted by atomic mass is 16.6. The number of ether oxygens (including phenoxy) is 1. The zero-order valence-electron chi connectivity index (χ0n) is 11.3. The molecule has 0 aliphatic heterocycles. The number of amides is 2. The van der Waals surface area contributed by atoms with Gasteiger partial charge in [-0.05, 0) is 26.3 Å². The molecule has 0 fully saturated rings. The molecule has 6 nitrogen and oxygen atoms in total. The minimum Gasteiger partial charge on any atom is -0.444 e. The van der Waals surface area contributed by atoms with Gasteiger partial charge in [0, 0.05) is 0 Å². The number of hydrazine groups is 1. The van der Waals surface area contributed by atoms with Crippen LogP contribution in [0.5, 0.6) is 0 Å². The molecule has 4 N–H and O–H groups in total. The van der Waals surface area contributed by atoms with E-state index in [9.17, 15) is 9.59 Å². The van der Waals surface area contributed by atoms with Crippen molar-refractivity contribution in [3.8, 4) is 0 Å². The smallest absolute Gasteiger partial charge is 0.408 e. The van der Waals surface area contributed by atoms with E-state index in [4.69, 9.17) is 10.6 Å². The van der Waals surface area contributed by atoms with E-state index < -0.39 is 23.6 Å². The standard InChI is InChI=1S/C13H19N3O3/c1-13(2,3)19-12(18)15-10(11(17)16-14)9-7-5-4-6-8-9/h4-8,10H,14H2,1-3H3,(H,15,18)(H,16,17)/t10-/m0/s1. The van der Waals surface area contributed by atoms with Crippen molar-refractivity contribution < 1.29 is 14.3 Å². The second-order valence-electron chi connectivity index (χ2n) is 5.00. The van der Waals surface area contributed by atoms with Crippen molar-refractivity contribution in [1.29, 1.82) is 0 Å². The zero-order valence-corrected chi connectivity index (χ0v) is 11.3. The van der Waals surface area contributed by atoms with E-state index in [2.05, 4.69) is 5.32 Å². The minimum atomic E-state index is -0.888. The number of rotatable bonds is 3. The SMILES string of the molecule is CC(C)(C)OC(=O)N[C@H](C(=O)NN)c1ccccc1. The summed E-state index contributed by atoms with van der Waals surface area (Å²) in [6, 6.07) is 7.90. The molecule has 0 heterocycles. The molecule has 1 aromatic carbocycles. The molecule has 1 aromatic rings. The van der Waals surface area contributed by atoms with Gasteiger partial charge in [0.15, 0.2) is 0 Å². The lowest BCUT2D eigenvalue weighted by atomic mass is 10.1. The molecular formula is C13H19N3O3. The Morgan fingerprint density at radius 2 is 1.79 bits per heavy atom. The summed E-state index contributed by atoms with van der Waals surface area (Å²) in [7, 11) is 0. The van der Waals surface area contributed by atoms with E-state index in [1.807, 2.05) is 11.5 Å². The first-order chi connectivity index (χ1) is 8.83. The Kier molecular flexibility index (Phi) is 4.88. The van der Waals surface area contributed by atoms with E-state index >= 15 is 0 Å². The Morgan fingerprint density at radius 3 is 2.26 bits per heavy atom. The molecule has 104 valence electrons. The number of hydrogen-bond acceptors (Lipinski definition) is 4. The average Bonchev–Trinajstić information content (AvgIpc) is 2.34. The second kappa shape index (κ2) is 6.19. The Morgan fingerprint density at radius 1 is 1.21 bits per heavy atom. The minimum absolute atomic E-state index is 0.517. The third-order valence-corrected chi connectivity index (χ3v) is 2.20. The highest BCUT2D eigenvalue weighted by Crippen LogP contribution is 2.14. The molecule has 0 aromatic heterocycles. The van der Waals surface area contributed by atoms with Crippen molar-refractivity contribution in [3.63, 3.8) is 0 Å². The first kappa shape index (κ1) is 15.0. The normalized spacial score (nSPS) is 12.4. The van der Waals surface area contributed by atoms with E-state index in [-0.39, 0.29) is 0 Å². The van der Waals surface area contributed by atoms with Gasteiger partial charge in [-0.2, -0.15) is 0 Å². The number of alkyl carbamates (subject to hydrolysis) is 1. The van der Waals surface area contributed by atoms with E-state index in [0.717, 1.165) is 0 Å². The van der Waals surface area contributed by atoms with Gasteiger partial charge >= 0.3 is 6.09 Å². The lowest BCUT2D eigenvalue weighted by Gasteiger charge is -2.23. The van der Waals surface area contributed by atoms with Crippen LogP contribution in [0.4, 0.5) is 4.79 Å². The van der Waals surface area contributed by atoms with Crippen molar-refractivity contribution in [2.24, 2.45) is 5.84 Å². The van der Waals surface area contributed by atoms with Gasteiger partial charge in [0.2, 0.25) is 0 Å². The van der Waals surface area contributed by atoms with Crippen LogP contribution in [0.15, 0.2) is 30.3 Å². The number of carbonyl (C=O) groups is 2. The predicted molar refractivity (Wildman–Crippen MR) is 70.9 cm³/mol. The Labute approximate surface area is 112 Å². The van der Waals surface area contributed by atoms with Crippen LogP contribution in [0, 0.1) is 0 Å². The Bertz CT molecular complexity index is 440. The van der Waals surface area contributed by atoms with Crippen LogP contribution in [0.25, 0.3) is 0 Å². The van der Waals surface area contributed by atoms with Crippen LogP contribution < -0.4 is 16.6 Å². The highest BCUT2D eigenvalue weighted by Gasteiger charge is 2.25. The molecule has 1 atom stereocenters. The zero-order chi connectivity index (χ0) is 14.5. The van der Waals surface area contributed by atoms with Crippen LogP contribution in [0.2, 0.25) is 0 Å². The molecule has 0 spiro atoms. The third-order valence-electron chi connectivity index (χ3n) is 2.20. The topological polar surface area (TPSA) is 93.4 Å². The highest BCUT2D eigenvalue weighted by molar-refractivity contribution is 5.86. The molecule has 0 unspecified atom stereocenters. The monoisotopic (exact) mass is 265 g/mol. The molecule has 0 radical (unpaired) electrons. The maximum Gasteiger partial charge on any atom is 0.408 e. The van der Waals surface area contributed by atoms with Crippen molar-refractivity contribution in [1.82, 2.24) is 10.7 Å². The third kappa shape index (κ3) is 4.97. The average molecular weight is 265 g/mol. The first-order valence-corrected chi connectivity index (χ1v) is 5.88. The molecule has 0 bridgehead atoms. The van der Waals surface area contributed by atoms with Crippen LogP contribution in [-0.2, 0) is 9.53 Å². The fourth-order valence-corrected chi connectivity index (χ4v) is 1.45. The number of hydrogen-bond donors (Lipinski definition) is 3. The van der Waals surface area contributed by atoms with E-state index in [1.165, 1.54) is 0 Å². The molecule has 0 saturated heterocycles. The molecule has 0 aliphatic rings. The molecule has 1 rings (SSSR count). The van der Waals surface area contributed by atoms with Gasteiger partial charge in [-0.15, -0.1) is 0 Å². The van der Waals surface area contributed by atoms with E-state index in [0.29, 0.717) is 5.56 Å². The summed E-state index contributed by atoms with van der Waals surface area (Å²) in [6.45, 7) is 5.23. The maximum absolute atomic E-state index is 11.7. The summed E-state index contributed by atoms with van der Waals surface area (Å²) in [5.74, 6) is 4.60. The largest absolute Gasteiger partial charge is 0.444 e. The van der Waals surface area contributed by atoms with Crippen molar-refractivity contribution >= 4 is 12.0 Å². The summed E-state index contributed by atoms with van der Waals surface area (Å²) in [4.78, 5) is 23.4. The van der Waals surface area contributed by atoms with E-state index in [1.54, 1.807) is 45.0 Å². The van der Waals surface area contributed by atoms with Gasteiger partial charge in [0.1, 0.15) is 11.6 Å². The maximum atomic E-state index is 11.7. The van der Waals surface area contributed by atoms with Gasteiger partial charge in [-0.1, -0.05) is 30.3 Å². The van der Waals surface area contributed by atoms with Crippen LogP contribution in [-0.4, -0.2) is 17.6 Å². The molecule has 0 aliphatic carbocycles. The van der Waals surface area contributed by atoms with Gasteiger partial charge in [0.25, 0.3) is 5.91 Å². The van der Waals surface area contributed by atoms with Gasteiger partial charge in [-0.3, -0.25) is 10.2 Å². The summed E-state index contributed by atoms with van der Waals surface area (Å²) < 4.78 is 5.11. The lowest BCUT2D eigenvalue weighted by molar-refractivity contribution is -0.123. The number of nitrogens with two attached hydrogens (primary N) is 1. The molecule has 0 saturated carbocycles. The fraction of sp³-hybridized carbons (Fsp3) is 0.385. The Hall–Kier alpha value is -2.08. The molecule has 6 heteroatoms. The lowest BCUT2D eigenvalue weighted by Crippen LogP contribution is -2.44. The van der Waals surface area contributed by atoms with Crippen molar-refractivity contribution in [3.05, 3.63) is 35.9 Å². The second-order valence-corrected chi connectivity index (χ2v) is 5.00. The van der Waals surface area contributed by atoms with Gasteiger partial charge < -0.3 is 10.1 Å². The number of benzene rings is 1. The summed E-state index contributed by atoms with van der Waals surface area (Å²) in [5, 5.41) is 2.49. The van der Waals surface area contributed by atoms with Gasteiger partial charge in [-0.25, -0.2) is 10.6 Å².